The second kappa shape index (κ2) is 8.43. The first-order valence-electron chi connectivity index (χ1n) is 9.29. The third kappa shape index (κ3) is 4.27. The molecule has 28 heavy (non-hydrogen) atoms. The molecule has 0 N–H and O–H groups in total. The highest BCUT2D eigenvalue weighted by Gasteiger charge is 2.21. The van der Waals surface area contributed by atoms with E-state index in [9.17, 15) is 9.59 Å². The second-order valence-corrected chi connectivity index (χ2v) is 8.67. The Morgan fingerprint density at radius 2 is 1.89 bits per heavy atom. The molecule has 1 fully saturated rings. The molecule has 1 aliphatic rings. The van der Waals surface area contributed by atoms with Crippen LogP contribution >= 0.6 is 22.9 Å². The van der Waals surface area contributed by atoms with Crippen molar-refractivity contribution in [2.45, 2.75) is 19.5 Å². The van der Waals surface area contributed by atoms with Crippen LogP contribution in [0.5, 0.6) is 0 Å². The Labute approximate surface area is 172 Å². The molecule has 8 heteroatoms. The van der Waals surface area contributed by atoms with Crippen molar-refractivity contribution in [2.75, 3.05) is 26.2 Å². The number of carbonyl (C=O) groups is 1. The summed E-state index contributed by atoms with van der Waals surface area (Å²) in [4.78, 5) is 34.9. The lowest BCUT2D eigenvalue weighted by Gasteiger charge is -2.34. The highest BCUT2D eigenvalue weighted by Crippen LogP contribution is 2.23. The van der Waals surface area contributed by atoms with Gasteiger partial charge in [0.25, 0.3) is 5.56 Å². The number of para-hydroxylation sites is 1. The summed E-state index contributed by atoms with van der Waals surface area (Å²) in [5.74, 6) is 0.0823. The molecule has 4 rings (SSSR count). The number of fused-ring (bicyclic) bond motifs is 1. The van der Waals surface area contributed by atoms with E-state index in [2.05, 4.69) is 16.0 Å². The maximum Gasteiger partial charge on any atom is 0.261 e. The van der Waals surface area contributed by atoms with E-state index in [0.717, 1.165) is 24.0 Å². The van der Waals surface area contributed by atoms with Crippen LogP contribution in [0.2, 0.25) is 4.34 Å². The van der Waals surface area contributed by atoms with Crippen molar-refractivity contribution in [2.24, 2.45) is 0 Å². The number of halogens is 1. The Hall–Kier alpha value is -2.22. The van der Waals surface area contributed by atoms with Gasteiger partial charge in [0.1, 0.15) is 0 Å². The average molecular weight is 417 g/mol. The molecule has 3 aromatic rings. The van der Waals surface area contributed by atoms with Crippen LogP contribution in [0.25, 0.3) is 10.9 Å². The zero-order valence-corrected chi connectivity index (χ0v) is 17.0. The van der Waals surface area contributed by atoms with E-state index >= 15 is 0 Å². The fraction of sp³-hybridized carbons (Fsp3) is 0.350. The van der Waals surface area contributed by atoms with E-state index in [0.29, 0.717) is 37.0 Å². The fourth-order valence-corrected chi connectivity index (χ4v) is 4.58. The number of nitrogens with zero attached hydrogens (tertiary/aromatic N) is 4. The first-order valence-corrected chi connectivity index (χ1v) is 10.5. The normalized spacial score (nSPS) is 15.2. The summed E-state index contributed by atoms with van der Waals surface area (Å²) in [6, 6.07) is 11.2. The maximum absolute atomic E-state index is 12.6. The number of thiophene rings is 1. The van der Waals surface area contributed by atoms with Gasteiger partial charge < -0.3 is 4.90 Å². The van der Waals surface area contributed by atoms with Crippen LogP contribution in [0.15, 0.2) is 47.5 Å². The monoisotopic (exact) mass is 416 g/mol. The van der Waals surface area contributed by atoms with Gasteiger partial charge in [-0.15, -0.1) is 11.3 Å². The Kier molecular flexibility index (Phi) is 5.75. The van der Waals surface area contributed by atoms with Crippen molar-refractivity contribution >= 4 is 39.7 Å². The topological polar surface area (TPSA) is 58.4 Å². The highest BCUT2D eigenvalue weighted by molar-refractivity contribution is 7.16. The molecule has 0 spiro atoms. The minimum absolute atomic E-state index is 0.0823. The number of amides is 1. The Balaban J connectivity index is 1.30. The third-order valence-corrected chi connectivity index (χ3v) is 6.25. The van der Waals surface area contributed by atoms with Gasteiger partial charge in [0.05, 0.1) is 21.6 Å². The number of hydrogen-bond donors (Lipinski definition) is 0. The minimum atomic E-state index is -0.0992. The lowest BCUT2D eigenvalue weighted by atomic mass is 10.2. The first-order chi connectivity index (χ1) is 13.6. The molecule has 146 valence electrons. The van der Waals surface area contributed by atoms with Crippen LogP contribution in [-0.4, -0.2) is 51.4 Å². The van der Waals surface area contributed by atoms with Gasteiger partial charge >= 0.3 is 0 Å². The van der Waals surface area contributed by atoms with Crippen molar-refractivity contribution in [3.63, 3.8) is 0 Å². The van der Waals surface area contributed by atoms with E-state index < -0.39 is 0 Å². The van der Waals surface area contributed by atoms with E-state index in [1.807, 2.05) is 29.2 Å². The molecule has 0 aliphatic carbocycles. The number of benzene rings is 1. The molecule has 1 amide bonds. The van der Waals surface area contributed by atoms with E-state index in [4.69, 9.17) is 11.6 Å². The summed E-state index contributed by atoms with van der Waals surface area (Å²) in [6.45, 7) is 4.34. The van der Waals surface area contributed by atoms with Crippen LogP contribution in [0.1, 0.15) is 11.3 Å². The molecular formula is C20H21ClN4O2S. The molecule has 1 aliphatic heterocycles. The van der Waals surface area contributed by atoms with Crippen molar-refractivity contribution in [3.8, 4) is 0 Å². The summed E-state index contributed by atoms with van der Waals surface area (Å²) in [5.41, 5.74) is 0.580. The smallest absolute Gasteiger partial charge is 0.261 e. The lowest BCUT2D eigenvalue weighted by Crippen LogP contribution is -2.48. The quantitative estimate of drug-likeness (QED) is 0.641. The summed E-state index contributed by atoms with van der Waals surface area (Å²) >= 11 is 7.59. The predicted octanol–water partition coefficient (Wildman–Crippen LogP) is 2.85. The number of rotatable bonds is 5. The van der Waals surface area contributed by atoms with E-state index in [-0.39, 0.29) is 11.5 Å². The summed E-state index contributed by atoms with van der Waals surface area (Å²) < 4.78 is 2.33. The Morgan fingerprint density at radius 1 is 1.11 bits per heavy atom. The summed E-state index contributed by atoms with van der Waals surface area (Å²) in [5, 5.41) is 0.583. The molecular weight excluding hydrogens is 396 g/mol. The molecule has 6 nitrogen and oxygen atoms in total. The molecule has 2 aromatic heterocycles. The second-order valence-electron chi connectivity index (χ2n) is 6.87. The summed E-state index contributed by atoms with van der Waals surface area (Å²) in [7, 11) is 0. The number of hydrogen-bond acceptors (Lipinski definition) is 5. The van der Waals surface area contributed by atoms with Gasteiger partial charge in [0.15, 0.2) is 0 Å². The van der Waals surface area contributed by atoms with Gasteiger partial charge in [-0.2, -0.15) is 0 Å². The lowest BCUT2D eigenvalue weighted by molar-refractivity contribution is -0.133. The predicted molar refractivity (Wildman–Crippen MR) is 112 cm³/mol. The zero-order chi connectivity index (χ0) is 19.5. The molecule has 0 saturated carbocycles. The van der Waals surface area contributed by atoms with Gasteiger partial charge in [0.2, 0.25) is 5.91 Å². The average Bonchev–Trinajstić information content (AvgIpc) is 3.12. The standard InChI is InChI=1S/C20H21ClN4O2S/c21-18-6-5-15(28-18)13-23-9-11-24(12-10-23)19(26)7-8-25-14-22-17-4-2-1-3-16(17)20(25)27/h1-6,14H,7-13H2. The van der Waals surface area contributed by atoms with Crippen molar-refractivity contribution in [3.05, 3.63) is 62.3 Å². The van der Waals surface area contributed by atoms with Crippen LogP contribution < -0.4 is 5.56 Å². The third-order valence-electron chi connectivity index (χ3n) is 5.03. The van der Waals surface area contributed by atoms with Gasteiger partial charge in [0, 0.05) is 50.6 Å². The molecule has 0 atom stereocenters. The largest absolute Gasteiger partial charge is 0.340 e. The Morgan fingerprint density at radius 3 is 2.64 bits per heavy atom. The molecule has 0 bridgehead atoms. The molecule has 1 saturated heterocycles. The van der Waals surface area contributed by atoms with Gasteiger partial charge in [-0.1, -0.05) is 23.7 Å². The number of aryl methyl sites for hydroxylation is 1. The van der Waals surface area contributed by atoms with E-state index in [1.54, 1.807) is 17.4 Å². The minimum Gasteiger partial charge on any atom is -0.340 e. The molecule has 0 unspecified atom stereocenters. The van der Waals surface area contributed by atoms with Gasteiger partial charge in [-0.3, -0.25) is 19.1 Å². The Bertz CT molecular complexity index is 1040. The van der Waals surface area contributed by atoms with Crippen LogP contribution in [0, 0.1) is 0 Å². The van der Waals surface area contributed by atoms with Crippen molar-refractivity contribution in [1.82, 2.24) is 19.4 Å². The van der Waals surface area contributed by atoms with Crippen LogP contribution in [-0.2, 0) is 17.9 Å². The maximum atomic E-state index is 12.6. The molecule has 0 radical (unpaired) electrons. The fourth-order valence-electron chi connectivity index (χ4n) is 3.45. The first kappa shape index (κ1) is 19.1. The highest BCUT2D eigenvalue weighted by atomic mass is 35.5. The molecule has 1 aromatic carbocycles. The van der Waals surface area contributed by atoms with E-state index in [1.165, 1.54) is 15.8 Å². The van der Waals surface area contributed by atoms with Crippen molar-refractivity contribution in [1.29, 1.82) is 0 Å². The zero-order valence-electron chi connectivity index (χ0n) is 15.4. The van der Waals surface area contributed by atoms with Gasteiger partial charge in [-0.25, -0.2) is 4.98 Å². The van der Waals surface area contributed by atoms with Crippen LogP contribution in [0.4, 0.5) is 0 Å². The number of piperazine rings is 1. The van der Waals surface area contributed by atoms with Gasteiger partial charge in [-0.05, 0) is 24.3 Å². The number of carbonyl (C=O) groups excluding carboxylic acids is 1. The van der Waals surface area contributed by atoms with Crippen LogP contribution in [0.3, 0.4) is 0 Å². The molecule has 3 heterocycles. The van der Waals surface area contributed by atoms with Crippen molar-refractivity contribution < 1.29 is 4.79 Å². The summed E-state index contributed by atoms with van der Waals surface area (Å²) in [6.07, 6.45) is 1.84. The SMILES string of the molecule is O=C(CCn1cnc2ccccc2c1=O)N1CCN(Cc2ccc(Cl)s2)CC1. The number of aromatic nitrogens is 2.